The predicted molar refractivity (Wildman–Crippen MR) is 103 cm³/mol. The fraction of sp³-hybridized carbons (Fsp3) is 0.333. The molecule has 5 nitrogen and oxygen atoms in total. The lowest BCUT2D eigenvalue weighted by molar-refractivity contribution is 0.316. The highest BCUT2D eigenvalue weighted by molar-refractivity contribution is 8.07. The van der Waals surface area contributed by atoms with E-state index in [1.807, 2.05) is 35.7 Å². The van der Waals surface area contributed by atoms with Crippen molar-refractivity contribution in [2.45, 2.75) is 10.5 Å². The highest BCUT2D eigenvalue weighted by atomic mass is 32.2. The highest BCUT2D eigenvalue weighted by Gasteiger charge is 2.25. The van der Waals surface area contributed by atoms with Crippen molar-refractivity contribution >= 4 is 45.5 Å². The van der Waals surface area contributed by atoms with Crippen molar-refractivity contribution in [2.75, 3.05) is 24.7 Å². The minimum Gasteiger partial charge on any atom is -0.492 e. The molecular weight excluding hydrogens is 356 g/mol. The Labute approximate surface area is 152 Å². The van der Waals surface area contributed by atoms with Gasteiger partial charge in [-0.05, 0) is 12.1 Å². The van der Waals surface area contributed by atoms with Gasteiger partial charge in [0, 0.05) is 40.3 Å². The van der Waals surface area contributed by atoms with Gasteiger partial charge in [-0.25, -0.2) is 4.98 Å². The van der Waals surface area contributed by atoms with Crippen LogP contribution in [0.4, 0.5) is 0 Å². The van der Waals surface area contributed by atoms with Crippen LogP contribution in [0, 0.1) is 0 Å². The van der Waals surface area contributed by atoms with Gasteiger partial charge in [-0.1, -0.05) is 0 Å². The van der Waals surface area contributed by atoms with Crippen LogP contribution < -0.4 is 14.9 Å². The monoisotopic (exact) mass is 372 g/mol. The Bertz CT molecular complexity index is 1010. The van der Waals surface area contributed by atoms with E-state index in [4.69, 9.17) is 9.47 Å². The number of nitrogens with one attached hydrogen (secondary N) is 1. The summed E-state index contributed by atoms with van der Waals surface area (Å²) < 4.78 is 11.9. The normalized spacial score (nSPS) is 21.4. The zero-order valence-electron chi connectivity index (χ0n) is 13.4. The minimum absolute atomic E-state index is 0.0559. The Kier molecular flexibility index (Phi) is 3.78. The molecule has 2 unspecified atom stereocenters. The number of pyridine rings is 2. The summed E-state index contributed by atoms with van der Waals surface area (Å²) in [6.45, 7) is 1.30. The predicted octanol–water partition coefficient (Wildman–Crippen LogP) is 3.06. The summed E-state index contributed by atoms with van der Waals surface area (Å²) in [4.78, 5) is 20.5. The second-order valence-corrected chi connectivity index (χ2v) is 8.90. The van der Waals surface area contributed by atoms with Gasteiger partial charge in [0.2, 0.25) is 5.43 Å². The third-order valence-electron chi connectivity index (χ3n) is 4.27. The molecule has 0 saturated carbocycles. The zero-order chi connectivity index (χ0) is 16.8. The van der Waals surface area contributed by atoms with Crippen LogP contribution in [0.15, 0.2) is 35.3 Å². The van der Waals surface area contributed by atoms with Crippen molar-refractivity contribution in [1.29, 1.82) is 0 Å². The Hall–Kier alpha value is -1.86. The van der Waals surface area contributed by atoms with Crippen molar-refractivity contribution in [3.8, 4) is 11.5 Å². The molecule has 0 bridgehead atoms. The van der Waals surface area contributed by atoms with Gasteiger partial charge in [-0.2, -0.15) is 23.5 Å². The molecule has 2 aromatic heterocycles. The summed E-state index contributed by atoms with van der Waals surface area (Å²) in [5.74, 6) is 3.59. The van der Waals surface area contributed by atoms with E-state index in [2.05, 4.69) is 9.97 Å². The van der Waals surface area contributed by atoms with E-state index in [0.29, 0.717) is 51.4 Å². The molecule has 5 rings (SSSR count). The lowest BCUT2D eigenvalue weighted by atomic mass is 10.1. The summed E-state index contributed by atoms with van der Waals surface area (Å²) in [6, 6.07) is 7.28. The van der Waals surface area contributed by atoms with Crippen molar-refractivity contribution in [3.05, 3.63) is 40.7 Å². The number of nitrogens with zero attached hydrogens (tertiary/aromatic N) is 1. The van der Waals surface area contributed by atoms with Gasteiger partial charge in [0.15, 0.2) is 0 Å². The molecule has 2 fully saturated rings. The molecule has 2 aliphatic heterocycles. The van der Waals surface area contributed by atoms with Crippen molar-refractivity contribution in [1.82, 2.24) is 9.97 Å². The third kappa shape index (κ3) is 3.18. The number of ether oxygens (including phenoxy) is 2. The fourth-order valence-electron chi connectivity index (χ4n) is 2.77. The number of aromatic nitrogens is 2. The first-order valence-electron chi connectivity index (χ1n) is 8.21. The quantitative estimate of drug-likeness (QED) is 0.530. The number of fused-ring (bicyclic) bond motifs is 2. The van der Waals surface area contributed by atoms with E-state index in [0.717, 1.165) is 17.3 Å². The molecule has 128 valence electrons. The molecule has 3 aromatic rings. The van der Waals surface area contributed by atoms with Crippen LogP contribution in [0.3, 0.4) is 0 Å². The molecule has 0 spiro atoms. The third-order valence-corrected chi connectivity index (χ3v) is 6.16. The Morgan fingerprint density at radius 2 is 1.92 bits per heavy atom. The molecule has 0 amide bonds. The summed E-state index contributed by atoms with van der Waals surface area (Å²) in [5.41, 5.74) is 1.23. The summed E-state index contributed by atoms with van der Waals surface area (Å²) in [7, 11) is 0. The Balaban J connectivity index is 1.63. The Morgan fingerprint density at radius 1 is 1.16 bits per heavy atom. The SMILES string of the molecule is O=c1c2cccnc2[nH]c2cc(OCC3CS3)cc(OCC3CS3)c12. The molecule has 0 radical (unpaired) electrons. The first-order chi connectivity index (χ1) is 12.3. The van der Waals surface area contributed by atoms with E-state index in [9.17, 15) is 4.79 Å². The lowest BCUT2D eigenvalue weighted by Crippen LogP contribution is -2.11. The summed E-state index contributed by atoms with van der Waals surface area (Å²) in [6.07, 6.45) is 1.68. The molecule has 7 heteroatoms. The van der Waals surface area contributed by atoms with E-state index >= 15 is 0 Å². The highest BCUT2D eigenvalue weighted by Crippen LogP contribution is 2.35. The van der Waals surface area contributed by atoms with Gasteiger partial charge in [0.25, 0.3) is 0 Å². The molecule has 2 aliphatic rings. The van der Waals surface area contributed by atoms with E-state index in [-0.39, 0.29) is 5.43 Å². The largest absolute Gasteiger partial charge is 0.492 e. The average molecular weight is 372 g/mol. The molecule has 1 aromatic carbocycles. The second kappa shape index (κ2) is 6.14. The number of hydrogen-bond donors (Lipinski definition) is 1. The second-order valence-electron chi connectivity index (χ2n) is 6.23. The fourth-order valence-corrected chi connectivity index (χ4v) is 3.56. The maximum Gasteiger partial charge on any atom is 0.202 e. The van der Waals surface area contributed by atoms with Crippen LogP contribution in [-0.4, -0.2) is 45.2 Å². The van der Waals surface area contributed by atoms with Gasteiger partial charge < -0.3 is 14.5 Å². The number of aromatic amines is 1. The number of H-pyrrole nitrogens is 1. The van der Waals surface area contributed by atoms with E-state index in [1.54, 1.807) is 18.3 Å². The van der Waals surface area contributed by atoms with Crippen molar-refractivity contribution < 1.29 is 9.47 Å². The number of rotatable bonds is 6. The zero-order valence-corrected chi connectivity index (χ0v) is 15.0. The maximum atomic E-state index is 13.0. The molecule has 0 aliphatic carbocycles. The van der Waals surface area contributed by atoms with Crippen molar-refractivity contribution in [3.63, 3.8) is 0 Å². The summed E-state index contributed by atoms with van der Waals surface area (Å²) in [5, 5.41) is 2.26. The van der Waals surface area contributed by atoms with Gasteiger partial charge in [0.05, 0.1) is 16.3 Å². The van der Waals surface area contributed by atoms with Crippen LogP contribution in [0.1, 0.15) is 0 Å². The molecule has 25 heavy (non-hydrogen) atoms. The lowest BCUT2D eigenvalue weighted by Gasteiger charge is -2.12. The first kappa shape index (κ1) is 15.4. The van der Waals surface area contributed by atoms with Crippen LogP contribution in [-0.2, 0) is 0 Å². The maximum absolute atomic E-state index is 13.0. The van der Waals surface area contributed by atoms with Crippen LogP contribution in [0.2, 0.25) is 0 Å². The molecule has 4 heterocycles. The van der Waals surface area contributed by atoms with Gasteiger partial charge in [-0.3, -0.25) is 4.79 Å². The van der Waals surface area contributed by atoms with Gasteiger partial charge in [0.1, 0.15) is 30.4 Å². The standard InChI is InChI=1S/C18H16N2O3S2/c21-17-13-2-1-3-19-18(13)20-14-4-10(22-6-11-8-24-11)5-15(16(14)17)23-7-12-9-25-12/h1-5,11-12H,6-9H2,(H,19,20,21). The van der Waals surface area contributed by atoms with Gasteiger partial charge >= 0.3 is 0 Å². The van der Waals surface area contributed by atoms with Gasteiger partial charge in [-0.15, -0.1) is 0 Å². The van der Waals surface area contributed by atoms with Crippen LogP contribution in [0.25, 0.3) is 21.9 Å². The minimum atomic E-state index is -0.0559. The molecule has 2 atom stereocenters. The van der Waals surface area contributed by atoms with Crippen molar-refractivity contribution in [2.24, 2.45) is 0 Å². The molecule has 2 saturated heterocycles. The average Bonchev–Trinajstić information content (AvgIpc) is 3.53. The van der Waals surface area contributed by atoms with Crippen LogP contribution in [0.5, 0.6) is 11.5 Å². The topological polar surface area (TPSA) is 64.2 Å². The number of benzene rings is 1. The van der Waals surface area contributed by atoms with E-state index in [1.165, 1.54) is 0 Å². The van der Waals surface area contributed by atoms with Crippen LogP contribution >= 0.6 is 23.5 Å². The molecule has 1 N–H and O–H groups in total. The Morgan fingerprint density at radius 3 is 2.68 bits per heavy atom. The molecular formula is C18H16N2O3S2. The number of thioether (sulfide) groups is 2. The summed E-state index contributed by atoms with van der Waals surface area (Å²) >= 11 is 3.77. The van der Waals surface area contributed by atoms with E-state index < -0.39 is 0 Å². The first-order valence-corrected chi connectivity index (χ1v) is 10.3. The number of hydrogen-bond acceptors (Lipinski definition) is 6. The smallest absolute Gasteiger partial charge is 0.202 e.